The van der Waals surface area contributed by atoms with Crippen LogP contribution in [0.2, 0.25) is 0 Å². The van der Waals surface area contributed by atoms with E-state index in [4.69, 9.17) is 5.10 Å². The maximum Gasteiger partial charge on any atom is 0.271 e. The average Bonchev–Trinajstić information content (AvgIpc) is 3.19. The van der Waals surface area contributed by atoms with E-state index in [-0.39, 0.29) is 11.5 Å². The Balaban J connectivity index is 1.55. The van der Waals surface area contributed by atoms with Gasteiger partial charge in [-0.05, 0) is 32.0 Å². The summed E-state index contributed by atoms with van der Waals surface area (Å²) in [6.45, 7) is 4.21. The molecule has 0 aromatic carbocycles. The molecule has 1 fully saturated rings. The highest BCUT2D eigenvalue weighted by molar-refractivity contribution is 5.92. The number of pyridine rings is 1. The number of likely N-dealkylation sites (tertiary alicyclic amines) is 1. The minimum atomic E-state index is -0.167. The van der Waals surface area contributed by atoms with Crippen LogP contribution in [0.3, 0.4) is 0 Å². The summed E-state index contributed by atoms with van der Waals surface area (Å²) in [5, 5.41) is 4.71. The zero-order chi connectivity index (χ0) is 18.3. The van der Waals surface area contributed by atoms with Crippen molar-refractivity contribution in [1.82, 2.24) is 24.1 Å². The second kappa shape index (κ2) is 6.72. The number of amides is 1. The highest BCUT2D eigenvalue weighted by atomic mass is 16.2. The first-order valence-corrected chi connectivity index (χ1v) is 9.26. The number of aromatic nitrogens is 3. The summed E-state index contributed by atoms with van der Waals surface area (Å²) in [6.07, 6.45) is 3.82. The third-order valence-corrected chi connectivity index (χ3v) is 5.56. The van der Waals surface area contributed by atoms with Crippen molar-refractivity contribution >= 4 is 5.91 Å². The maximum atomic E-state index is 12.9. The molecule has 0 bridgehead atoms. The van der Waals surface area contributed by atoms with Gasteiger partial charge in [-0.1, -0.05) is 12.5 Å². The van der Waals surface area contributed by atoms with E-state index in [0.29, 0.717) is 18.8 Å². The molecule has 0 unspecified atom stereocenters. The summed E-state index contributed by atoms with van der Waals surface area (Å²) in [5.41, 5.74) is 3.62. The molecule has 2 aliphatic heterocycles. The number of carbonyl (C=O) groups excluding carboxylic acids is 1. The Kier molecular flexibility index (Phi) is 4.40. The van der Waals surface area contributed by atoms with Crippen molar-refractivity contribution in [2.75, 3.05) is 13.1 Å². The quantitative estimate of drug-likeness (QED) is 0.832. The molecule has 0 aliphatic carbocycles. The van der Waals surface area contributed by atoms with Crippen LogP contribution < -0.4 is 5.56 Å². The minimum absolute atomic E-state index is 0.106. The van der Waals surface area contributed by atoms with E-state index < -0.39 is 0 Å². The second-order valence-corrected chi connectivity index (χ2v) is 7.30. The predicted octanol–water partition coefficient (Wildman–Crippen LogP) is 1.26. The van der Waals surface area contributed by atoms with E-state index in [1.807, 2.05) is 11.7 Å². The Morgan fingerprint density at radius 1 is 1.12 bits per heavy atom. The fraction of sp³-hybridized carbons (Fsp3) is 0.526. The Hall–Kier alpha value is -2.41. The molecule has 0 radical (unpaired) electrons. The first-order valence-electron chi connectivity index (χ1n) is 9.26. The molecule has 0 saturated carbocycles. The zero-order valence-corrected chi connectivity index (χ0v) is 15.4. The van der Waals surface area contributed by atoms with Crippen LogP contribution >= 0.6 is 0 Å². The number of rotatable bonds is 3. The lowest BCUT2D eigenvalue weighted by atomic mass is 10.1. The SMILES string of the molecule is Cn1nc(CN2CCCCC2)c2c1CN(C(=O)c1cccc(=O)n1C)C2. The van der Waals surface area contributed by atoms with Gasteiger partial charge >= 0.3 is 0 Å². The lowest BCUT2D eigenvalue weighted by molar-refractivity contribution is 0.0736. The van der Waals surface area contributed by atoms with Gasteiger partial charge in [-0.2, -0.15) is 5.10 Å². The smallest absolute Gasteiger partial charge is 0.271 e. The molecule has 2 aromatic rings. The van der Waals surface area contributed by atoms with Gasteiger partial charge in [0, 0.05) is 32.3 Å². The van der Waals surface area contributed by atoms with Gasteiger partial charge in [-0.15, -0.1) is 0 Å². The van der Waals surface area contributed by atoms with Crippen LogP contribution in [-0.4, -0.2) is 43.1 Å². The van der Waals surface area contributed by atoms with E-state index in [0.717, 1.165) is 31.0 Å². The minimum Gasteiger partial charge on any atom is -0.327 e. The molecule has 0 N–H and O–H groups in total. The number of carbonyl (C=O) groups is 1. The standard InChI is InChI=1S/C19H25N5O2/c1-21-16(7-6-8-18(21)25)19(26)24-11-14-15(20-22(2)17(14)13-24)12-23-9-4-3-5-10-23/h6-8H,3-5,9-13H2,1-2H3. The van der Waals surface area contributed by atoms with E-state index in [2.05, 4.69) is 4.90 Å². The molecule has 138 valence electrons. The van der Waals surface area contributed by atoms with Gasteiger partial charge in [0.1, 0.15) is 5.69 Å². The molecule has 0 atom stereocenters. The Bertz CT molecular complexity index is 892. The van der Waals surface area contributed by atoms with Crippen LogP contribution in [0.1, 0.15) is 46.7 Å². The fourth-order valence-corrected chi connectivity index (χ4v) is 4.01. The van der Waals surface area contributed by atoms with Gasteiger partial charge in [-0.3, -0.25) is 19.2 Å². The third-order valence-electron chi connectivity index (χ3n) is 5.56. The van der Waals surface area contributed by atoms with Crippen molar-refractivity contribution in [1.29, 1.82) is 0 Å². The number of piperidine rings is 1. The lowest BCUT2D eigenvalue weighted by Gasteiger charge is -2.26. The highest BCUT2D eigenvalue weighted by Crippen LogP contribution is 2.28. The van der Waals surface area contributed by atoms with Crippen LogP contribution in [-0.2, 0) is 33.7 Å². The summed E-state index contributed by atoms with van der Waals surface area (Å²) in [7, 11) is 3.59. The molecule has 2 aromatic heterocycles. The molecule has 0 spiro atoms. The van der Waals surface area contributed by atoms with Crippen molar-refractivity contribution in [3.05, 3.63) is 51.2 Å². The van der Waals surface area contributed by atoms with Gasteiger partial charge < -0.3 is 9.47 Å². The first kappa shape index (κ1) is 17.0. The zero-order valence-electron chi connectivity index (χ0n) is 15.4. The topological polar surface area (TPSA) is 63.4 Å². The molecule has 4 heterocycles. The molecule has 4 rings (SSSR count). The van der Waals surface area contributed by atoms with Gasteiger partial charge in [0.2, 0.25) is 0 Å². The summed E-state index contributed by atoms with van der Waals surface area (Å²) in [5.74, 6) is -0.106. The van der Waals surface area contributed by atoms with Crippen LogP contribution in [0.25, 0.3) is 0 Å². The van der Waals surface area contributed by atoms with Gasteiger partial charge in [0.15, 0.2) is 0 Å². The van der Waals surface area contributed by atoms with Crippen LogP contribution in [0, 0.1) is 0 Å². The van der Waals surface area contributed by atoms with Crippen molar-refractivity contribution in [3.8, 4) is 0 Å². The molecule has 7 heteroatoms. The van der Waals surface area contributed by atoms with Crippen molar-refractivity contribution in [2.24, 2.45) is 14.1 Å². The molecule has 1 saturated heterocycles. The lowest BCUT2D eigenvalue weighted by Crippen LogP contribution is -2.32. The largest absolute Gasteiger partial charge is 0.327 e. The van der Waals surface area contributed by atoms with Gasteiger partial charge in [-0.25, -0.2) is 0 Å². The molecular weight excluding hydrogens is 330 g/mol. The fourth-order valence-electron chi connectivity index (χ4n) is 4.01. The van der Waals surface area contributed by atoms with Crippen LogP contribution in [0.4, 0.5) is 0 Å². The van der Waals surface area contributed by atoms with Crippen LogP contribution in [0.5, 0.6) is 0 Å². The van der Waals surface area contributed by atoms with Gasteiger partial charge in [0.05, 0.1) is 24.5 Å². The molecule has 2 aliphatic rings. The van der Waals surface area contributed by atoms with Crippen molar-refractivity contribution < 1.29 is 4.79 Å². The Labute approximate surface area is 152 Å². The Morgan fingerprint density at radius 3 is 2.65 bits per heavy atom. The van der Waals surface area contributed by atoms with E-state index in [1.54, 1.807) is 24.1 Å². The number of hydrogen-bond donors (Lipinski definition) is 0. The summed E-state index contributed by atoms with van der Waals surface area (Å²) < 4.78 is 3.32. The van der Waals surface area contributed by atoms with E-state index >= 15 is 0 Å². The van der Waals surface area contributed by atoms with Crippen molar-refractivity contribution in [3.63, 3.8) is 0 Å². The first-order chi connectivity index (χ1) is 12.5. The molecule has 1 amide bonds. The Morgan fingerprint density at radius 2 is 1.88 bits per heavy atom. The van der Waals surface area contributed by atoms with Crippen LogP contribution in [0.15, 0.2) is 23.0 Å². The number of hydrogen-bond acceptors (Lipinski definition) is 4. The molecular formula is C19H25N5O2. The number of fused-ring (bicyclic) bond motifs is 1. The number of aryl methyl sites for hydroxylation is 1. The molecule has 7 nitrogen and oxygen atoms in total. The van der Waals surface area contributed by atoms with Gasteiger partial charge in [0.25, 0.3) is 11.5 Å². The van der Waals surface area contributed by atoms with E-state index in [9.17, 15) is 9.59 Å². The third kappa shape index (κ3) is 2.96. The number of nitrogens with zero attached hydrogens (tertiary/aromatic N) is 5. The molecule has 26 heavy (non-hydrogen) atoms. The van der Waals surface area contributed by atoms with E-state index in [1.165, 1.54) is 35.5 Å². The second-order valence-electron chi connectivity index (χ2n) is 7.30. The monoisotopic (exact) mass is 355 g/mol. The maximum absolute atomic E-state index is 12.9. The summed E-state index contributed by atoms with van der Waals surface area (Å²) in [4.78, 5) is 29.0. The van der Waals surface area contributed by atoms with Crippen molar-refractivity contribution in [2.45, 2.75) is 38.9 Å². The predicted molar refractivity (Wildman–Crippen MR) is 97.6 cm³/mol. The normalized spacial score (nSPS) is 17.5. The average molecular weight is 355 g/mol. The highest BCUT2D eigenvalue weighted by Gasteiger charge is 2.31. The summed E-state index contributed by atoms with van der Waals surface area (Å²) in [6, 6.07) is 4.82. The summed E-state index contributed by atoms with van der Waals surface area (Å²) >= 11 is 0.